The molecule has 0 spiro atoms. The predicted octanol–water partition coefficient (Wildman–Crippen LogP) is 1.06. The third kappa shape index (κ3) is 4.43. The fourth-order valence-corrected chi connectivity index (χ4v) is 1.36. The molecule has 3 N–H and O–H groups in total. The quantitative estimate of drug-likeness (QED) is 0.230. The van der Waals surface area contributed by atoms with Crippen molar-refractivity contribution in [3.8, 4) is 0 Å². The SMILES string of the molecule is N/C(CCCOC1CCCCO1)=N\O. The van der Waals surface area contributed by atoms with E-state index < -0.39 is 0 Å². The van der Waals surface area contributed by atoms with Gasteiger partial charge < -0.3 is 20.4 Å². The number of amidine groups is 1. The van der Waals surface area contributed by atoms with Crippen LogP contribution in [0.15, 0.2) is 5.16 Å². The molecule has 1 heterocycles. The molecule has 0 saturated carbocycles. The fraction of sp³-hybridized carbons (Fsp3) is 0.889. The standard InChI is InChI=1S/C9H18N2O3/c10-8(11-12)4-3-7-14-9-5-1-2-6-13-9/h9,12H,1-7H2,(H2,10,11). The molecule has 1 unspecified atom stereocenters. The Bertz CT molecular complexity index is 179. The molecule has 0 aromatic carbocycles. The Balaban J connectivity index is 1.97. The van der Waals surface area contributed by atoms with Crippen LogP contribution in [0.2, 0.25) is 0 Å². The topological polar surface area (TPSA) is 77.1 Å². The Morgan fingerprint density at radius 2 is 2.43 bits per heavy atom. The molecule has 1 rings (SSSR count). The summed E-state index contributed by atoms with van der Waals surface area (Å²) in [5.74, 6) is 0.248. The van der Waals surface area contributed by atoms with Crippen molar-refractivity contribution < 1.29 is 14.7 Å². The Morgan fingerprint density at radius 3 is 3.07 bits per heavy atom. The van der Waals surface area contributed by atoms with Crippen molar-refractivity contribution >= 4 is 5.84 Å². The molecule has 5 nitrogen and oxygen atoms in total. The molecule has 1 aliphatic heterocycles. The minimum absolute atomic E-state index is 0.0453. The molecule has 5 heteroatoms. The van der Waals surface area contributed by atoms with Gasteiger partial charge in [-0.3, -0.25) is 0 Å². The van der Waals surface area contributed by atoms with Crippen LogP contribution in [-0.4, -0.2) is 30.5 Å². The zero-order valence-electron chi connectivity index (χ0n) is 8.32. The maximum absolute atomic E-state index is 8.28. The zero-order chi connectivity index (χ0) is 10.2. The number of hydrogen-bond donors (Lipinski definition) is 2. The van der Waals surface area contributed by atoms with Gasteiger partial charge in [0, 0.05) is 13.0 Å². The van der Waals surface area contributed by atoms with Crippen molar-refractivity contribution in [1.29, 1.82) is 0 Å². The molecule has 1 saturated heterocycles. The van der Waals surface area contributed by atoms with Gasteiger partial charge in [0.05, 0.1) is 6.61 Å². The molecule has 0 bridgehead atoms. The van der Waals surface area contributed by atoms with Gasteiger partial charge >= 0.3 is 0 Å². The van der Waals surface area contributed by atoms with Crippen LogP contribution in [0, 0.1) is 0 Å². The van der Waals surface area contributed by atoms with Gasteiger partial charge in [0.1, 0.15) is 5.84 Å². The zero-order valence-corrected chi connectivity index (χ0v) is 8.32. The Kier molecular flexibility index (Phi) is 5.32. The van der Waals surface area contributed by atoms with Crippen molar-refractivity contribution in [2.45, 2.75) is 38.4 Å². The maximum Gasteiger partial charge on any atom is 0.157 e. The van der Waals surface area contributed by atoms with E-state index in [1.165, 1.54) is 6.42 Å². The van der Waals surface area contributed by atoms with Crippen LogP contribution in [0.25, 0.3) is 0 Å². The second-order valence-corrected chi connectivity index (χ2v) is 3.36. The van der Waals surface area contributed by atoms with Crippen LogP contribution in [0.4, 0.5) is 0 Å². The van der Waals surface area contributed by atoms with Crippen LogP contribution >= 0.6 is 0 Å². The third-order valence-electron chi connectivity index (χ3n) is 2.15. The molecular formula is C9H18N2O3. The van der Waals surface area contributed by atoms with Crippen LogP contribution in [0.1, 0.15) is 32.1 Å². The van der Waals surface area contributed by atoms with E-state index in [0.29, 0.717) is 13.0 Å². The summed E-state index contributed by atoms with van der Waals surface area (Å²) in [6, 6.07) is 0. The van der Waals surface area contributed by atoms with E-state index in [2.05, 4.69) is 5.16 Å². The molecule has 0 aromatic heterocycles. The van der Waals surface area contributed by atoms with Gasteiger partial charge in [-0.1, -0.05) is 5.16 Å². The smallest absolute Gasteiger partial charge is 0.157 e. The second kappa shape index (κ2) is 6.62. The molecule has 82 valence electrons. The van der Waals surface area contributed by atoms with Crippen LogP contribution in [0.3, 0.4) is 0 Å². The Hall–Kier alpha value is -0.810. The first kappa shape index (κ1) is 11.3. The summed E-state index contributed by atoms with van der Waals surface area (Å²) in [5, 5.41) is 11.2. The Labute approximate surface area is 83.9 Å². The van der Waals surface area contributed by atoms with Gasteiger partial charge in [0.25, 0.3) is 0 Å². The lowest BCUT2D eigenvalue weighted by molar-refractivity contribution is -0.162. The molecule has 0 aliphatic carbocycles. The highest BCUT2D eigenvalue weighted by Gasteiger charge is 2.13. The van der Waals surface area contributed by atoms with Crippen molar-refractivity contribution in [3.63, 3.8) is 0 Å². The molecule has 0 radical (unpaired) electrons. The van der Waals surface area contributed by atoms with Gasteiger partial charge in [-0.2, -0.15) is 0 Å². The van der Waals surface area contributed by atoms with Crippen LogP contribution < -0.4 is 5.73 Å². The number of nitrogens with zero attached hydrogens (tertiary/aromatic N) is 1. The number of nitrogens with two attached hydrogens (primary N) is 1. The minimum atomic E-state index is -0.0453. The molecular weight excluding hydrogens is 184 g/mol. The first-order valence-corrected chi connectivity index (χ1v) is 5.02. The lowest BCUT2D eigenvalue weighted by Gasteiger charge is -2.22. The molecule has 0 aromatic rings. The Morgan fingerprint density at radius 1 is 1.57 bits per heavy atom. The van der Waals surface area contributed by atoms with E-state index in [1.807, 2.05) is 0 Å². The van der Waals surface area contributed by atoms with E-state index in [1.54, 1.807) is 0 Å². The summed E-state index contributed by atoms with van der Waals surface area (Å²) < 4.78 is 10.8. The average molecular weight is 202 g/mol. The fourth-order valence-electron chi connectivity index (χ4n) is 1.36. The normalized spacial score (nSPS) is 23.7. The number of oxime groups is 1. The first-order valence-electron chi connectivity index (χ1n) is 5.02. The van der Waals surface area contributed by atoms with E-state index in [0.717, 1.165) is 25.9 Å². The van der Waals surface area contributed by atoms with Crippen molar-refractivity contribution in [2.75, 3.05) is 13.2 Å². The summed E-state index contributed by atoms with van der Waals surface area (Å²) in [6.45, 7) is 1.39. The number of rotatable bonds is 5. The van der Waals surface area contributed by atoms with Gasteiger partial charge in [0.2, 0.25) is 0 Å². The van der Waals surface area contributed by atoms with Crippen LogP contribution in [0.5, 0.6) is 0 Å². The maximum atomic E-state index is 8.28. The summed E-state index contributed by atoms with van der Waals surface area (Å²) in [4.78, 5) is 0. The predicted molar refractivity (Wildman–Crippen MR) is 52.2 cm³/mol. The highest BCUT2D eigenvalue weighted by molar-refractivity contribution is 5.79. The van der Waals surface area contributed by atoms with Gasteiger partial charge in [-0.25, -0.2) is 0 Å². The largest absolute Gasteiger partial charge is 0.409 e. The van der Waals surface area contributed by atoms with E-state index >= 15 is 0 Å². The number of ether oxygens (including phenoxy) is 2. The van der Waals surface area contributed by atoms with Gasteiger partial charge in [-0.05, 0) is 25.7 Å². The third-order valence-corrected chi connectivity index (χ3v) is 2.15. The minimum Gasteiger partial charge on any atom is -0.409 e. The summed E-state index contributed by atoms with van der Waals surface area (Å²) in [6.07, 6.45) is 4.55. The average Bonchev–Trinajstić information content (AvgIpc) is 2.25. The highest BCUT2D eigenvalue weighted by Crippen LogP contribution is 2.13. The molecule has 1 fully saturated rings. The molecule has 0 amide bonds. The van der Waals surface area contributed by atoms with E-state index in [-0.39, 0.29) is 12.1 Å². The highest BCUT2D eigenvalue weighted by atomic mass is 16.7. The number of hydrogen-bond acceptors (Lipinski definition) is 4. The van der Waals surface area contributed by atoms with Gasteiger partial charge in [-0.15, -0.1) is 0 Å². The first-order chi connectivity index (χ1) is 6.83. The molecule has 1 aliphatic rings. The van der Waals surface area contributed by atoms with Crippen molar-refractivity contribution in [1.82, 2.24) is 0 Å². The van der Waals surface area contributed by atoms with Crippen LogP contribution in [-0.2, 0) is 9.47 Å². The summed E-state index contributed by atoms with van der Waals surface area (Å²) in [7, 11) is 0. The lowest BCUT2D eigenvalue weighted by atomic mass is 10.2. The summed E-state index contributed by atoms with van der Waals surface area (Å²) in [5.41, 5.74) is 5.31. The monoisotopic (exact) mass is 202 g/mol. The second-order valence-electron chi connectivity index (χ2n) is 3.36. The van der Waals surface area contributed by atoms with Gasteiger partial charge in [0.15, 0.2) is 6.29 Å². The lowest BCUT2D eigenvalue weighted by Crippen LogP contribution is -2.23. The summed E-state index contributed by atoms with van der Waals surface area (Å²) >= 11 is 0. The van der Waals surface area contributed by atoms with Crippen molar-refractivity contribution in [3.05, 3.63) is 0 Å². The molecule has 14 heavy (non-hydrogen) atoms. The van der Waals surface area contributed by atoms with Crippen molar-refractivity contribution in [2.24, 2.45) is 10.9 Å². The van der Waals surface area contributed by atoms with E-state index in [9.17, 15) is 0 Å². The van der Waals surface area contributed by atoms with E-state index in [4.69, 9.17) is 20.4 Å². The molecule has 1 atom stereocenters.